The van der Waals surface area contributed by atoms with Crippen molar-refractivity contribution in [1.82, 2.24) is 15.5 Å². The predicted octanol–water partition coefficient (Wildman–Crippen LogP) is 2.84. The first-order chi connectivity index (χ1) is 11.7. The molecule has 25 heavy (non-hydrogen) atoms. The van der Waals surface area contributed by atoms with Gasteiger partial charge in [0.05, 0.1) is 12.8 Å². The lowest BCUT2D eigenvalue weighted by molar-refractivity contribution is 0.105. The Hall–Kier alpha value is -0.800. The SMILES string of the molecule is CCNC(=NCC(C)N(C)C1CC1)NCCCOCc1ccco1.I. The van der Waals surface area contributed by atoms with Crippen LogP contribution in [-0.2, 0) is 11.3 Å². The summed E-state index contributed by atoms with van der Waals surface area (Å²) >= 11 is 0. The van der Waals surface area contributed by atoms with E-state index in [0.717, 1.165) is 43.8 Å². The molecular weight excluding hydrogens is 431 g/mol. The molecule has 1 aromatic heterocycles. The number of hydrogen-bond donors (Lipinski definition) is 2. The summed E-state index contributed by atoms with van der Waals surface area (Å²) in [7, 11) is 2.20. The summed E-state index contributed by atoms with van der Waals surface area (Å²) in [5, 5.41) is 6.67. The normalized spacial score (nSPS) is 15.8. The van der Waals surface area contributed by atoms with Gasteiger partial charge in [-0.1, -0.05) is 0 Å². The van der Waals surface area contributed by atoms with Crippen LogP contribution >= 0.6 is 24.0 Å². The molecule has 1 fully saturated rings. The van der Waals surface area contributed by atoms with Crippen molar-refractivity contribution in [2.24, 2.45) is 4.99 Å². The zero-order valence-electron chi connectivity index (χ0n) is 15.7. The molecule has 144 valence electrons. The minimum absolute atomic E-state index is 0. The van der Waals surface area contributed by atoms with E-state index in [9.17, 15) is 0 Å². The van der Waals surface area contributed by atoms with Crippen molar-refractivity contribution in [2.75, 3.05) is 33.3 Å². The van der Waals surface area contributed by atoms with Crippen LogP contribution in [0.3, 0.4) is 0 Å². The molecule has 7 heteroatoms. The molecule has 1 heterocycles. The van der Waals surface area contributed by atoms with Crippen LogP contribution in [0.5, 0.6) is 0 Å². The molecule has 1 aromatic rings. The van der Waals surface area contributed by atoms with E-state index in [-0.39, 0.29) is 24.0 Å². The molecule has 1 unspecified atom stereocenters. The first kappa shape index (κ1) is 22.2. The van der Waals surface area contributed by atoms with Gasteiger partial charge in [-0.25, -0.2) is 0 Å². The van der Waals surface area contributed by atoms with E-state index in [2.05, 4.69) is 36.4 Å². The van der Waals surface area contributed by atoms with Gasteiger partial charge in [-0.2, -0.15) is 0 Å². The summed E-state index contributed by atoms with van der Waals surface area (Å²) < 4.78 is 10.8. The van der Waals surface area contributed by atoms with E-state index in [1.807, 2.05) is 12.1 Å². The summed E-state index contributed by atoms with van der Waals surface area (Å²) in [5.41, 5.74) is 0. The van der Waals surface area contributed by atoms with E-state index in [4.69, 9.17) is 14.1 Å². The van der Waals surface area contributed by atoms with Gasteiger partial charge in [0, 0.05) is 31.8 Å². The van der Waals surface area contributed by atoms with Gasteiger partial charge in [-0.3, -0.25) is 9.89 Å². The van der Waals surface area contributed by atoms with Crippen LogP contribution in [-0.4, -0.2) is 56.2 Å². The average molecular weight is 464 g/mol. The number of hydrogen-bond acceptors (Lipinski definition) is 4. The molecule has 2 N–H and O–H groups in total. The van der Waals surface area contributed by atoms with E-state index in [1.54, 1.807) is 6.26 Å². The first-order valence-corrected chi connectivity index (χ1v) is 9.05. The first-order valence-electron chi connectivity index (χ1n) is 9.05. The van der Waals surface area contributed by atoms with Gasteiger partial charge >= 0.3 is 0 Å². The second kappa shape index (κ2) is 12.5. The highest BCUT2D eigenvalue weighted by atomic mass is 127. The Morgan fingerprint density at radius 1 is 1.44 bits per heavy atom. The van der Waals surface area contributed by atoms with Gasteiger partial charge in [-0.15, -0.1) is 24.0 Å². The minimum atomic E-state index is 0. The molecule has 1 aliphatic rings. The van der Waals surface area contributed by atoms with Crippen LogP contribution in [0.2, 0.25) is 0 Å². The predicted molar refractivity (Wildman–Crippen MR) is 113 cm³/mol. The molecule has 0 spiro atoms. The third-order valence-corrected chi connectivity index (χ3v) is 4.26. The topological polar surface area (TPSA) is 62.0 Å². The summed E-state index contributed by atoms with van der Waals surface area (Å²) in [5.74, 6) is 1.76. The maximum atomic E-state index is 5.58. The maximum absolute atomic E-state index is 5.58. The number of likely N-dealkylation sites (N-methyl/N-ethyl adjacent to an activating group) is 1. The third kappa shape index (κ3) is 8.91. The standard InChI is InChI=1S/C18H32N4O2.HI/c1-4-19-18(21-13-15(2)22(3)16-8-9-16)20-10-6-11-23-14-17-7-5-12-24-17;/h5,7,12,15-16H,4,6,8-11,13-14H2,1-3H3,(H2,19,20,21);1H. The summed E-state index contributed by atoms with van der Waals surface area (Å²) in [6.45, 7) is 8.10. The fourth-order valence-corrected chi connectivity index (χ4v) is 2.48. The maximum Gasteiger partial charge on any atom is 0.191 e. The highest BCUT2D eigenvalue weighted by Gasteiger charge is 2.28. The molecule has 0 bridgehead atoms. The molecule has 0 amide bonds. The quantitative estimate of drug-likeness (QED) is 0.228. The zero-order valence-corrected chi connectivity index (χ0v) is 18.0. The fraction of sp³-hybridized carbons (Fsp3) is 0.722. The van der Waals surface area contributed by atoms with E-state index < -0.39 is 0 Å². The van der Waals surface area contributed by atoms with Gasteiger partial charge in [0.25, 0.3) is 0 Å². The van der Waals surface area contributed by atoms with Crippen LogP contribution < -0.4 is 10.6 Å². The van der Waals surface area contributed by atoms with E-state index in [1.165, 1.54) is 12.8 Å². The van der Waals surface area contributed by atoms with E-state index >= 15 is 0 Å². The van der Waals surface area contributed by atoms with Crippen LogP contribution in [0.4, 0.5) is 0 Å². The van der Waals surface area contributed by atoms with Crippen molar-refractivity contribution in [3.8, 4) is 0 Å². The van der Waals surface area contributed by atoms with Gasteiger partial charge in [0.1, 0.15) is 12.4 Å². The van der Waals surface area contributed by atoms with Crippen LogP contribution in [0.25, 0.3) is 0 Å². The molecule has 1 aliphatic carbocycles. The number of aliphatic imine (C=N–C) groups is 1. The number of nitrogens with one attached hydrogen (secondary N) is 2. The monoisotopic (exact) mass is 464 g/mol. The number of ether oxygens (including phenoxy) is 1. The Morgan fingerprint density at radius 2 is 2.24 bits per heavy atom. The van der Waals surface area contributed by atoms with Gasteiger partial charge < -0.3 is 19.8 Å². The average Bonchev–Trinajstić information content (AvgIpc) is 3.31. The summed E-state index contributed by atoms with van der Waals surface area (Å²) in [4.78, 5) is 7.14. The molecular formula is C18H33IN4O2. The number of rotatable bonds is 11. The molecule has 0 aromatic carbocycles. The molecule has 0 saturated heterocycles. The Bertz CT molecular complexity index is 477. The third-order valence-electron chi connectivity index (χ3n) is 4.26. The second-order valence-corrected chi connectivity index (χ2v) is 6.38. The highest BCUT2D eigenvalue weighted by Crippen LogP contribution is 2.26. The molecule has 1 atom stereocenters. The molecule has 0 aliphatic heterocycles. The molecule has 6 nitrogen and oxygen atoms in total. The smallest absolute Gasteiger partial charge is 0.191 e. The van der Waals surface area contributed by atoms with Crippen LogP contribution in [0, 0.1) is 0 Å². The lowest BCUT2D eigenvalue weighted by atomic mass is 10.3. The number of guanidine groups is 1. The van der Waals surface area contributed by atoms with Crippen molar-refractivity contribution >= 4 is 29.9 Å². The van der Waals surface area contributed by atoms with Crippen molar-refractivity contribution in [1.29, 1.82) is 0 Å². The zero-order chi connectivity index (χ0) is 17.2. The van der Waals surface area contributed by atoms with Crippen molar-refractivity contribution in [2.45, 2.75) is 51.8 Å². The lowest BCUT2D eigenvalue weighted by Gasteiger charge is -2.23. The number of nitrogens with zero attached hydrogens (tertiary/aromatic N) is 2. The Balaban J connectivity index is 0.00000312. The van der Waals surface area contributed by atoms with Crippen molar-refractivity contribution in [3.63, 3.8) is 0 Å². The number of halogens is 1. The summed E-state index contributed by atoms with van der Waals surface area (Å²) in [6, 6.07) is 5.05. The van der Waals surface area contributed by atoms with E-state index in [0.29, 0.717) is 19.3 Å². The Morgan fingerprint density at radius 3 is 2.88 bits per heavy atom. The van der Waals surface area contributed by atoms with Gasteiger partial charge in [0.15, 0.2) is 5.96 Å². The fourth-order valence-electron chi connectivity index (χ4n) is 2.48. The molecule has 2 rings (SSSR count). The summed E-state index contributed by atoms with van der Waals surface area (Å²) in [6.07, 6.45) is 5.27. The van der Waals surface area contributed by atoms with Gasteiger partial charge in [0.2, 0.25) is 0 Å². The second-order valence-electron chi connectivity index (χ2n) is 6.38. The Kier molecular flexibility index (Phi) is 11.2. The minimum Gasteiger partial charge on any atom is -0.467 e. The highest BCUT2D eigenvalue weighted by molar-refractivity contribution is 14.0. The van der Waals surface area contributed by atoms with Crippen LogP contribution in [0.1, 0.15) is 38.9 Å². The largest absolute Gasteiger partial charge is 0.467 e. The van der Waals surface area contributed by atoms with Crippen molar-refractivity contribution < 1.29 is 9.15 Å². The van der Waals surface area contributed by atoms with Crippen LogP contribution in [0.15, 0.2) is 27.8 Å². The Labute approximate surface area is 168 Å². The lowest BCUT2D eigenvalue weighted by Crippen LogP contribution is -2.40. The number of furan rings is 1. The van der Waals surface area contributed by atoms with Gasteiger partial charge in [-0.05, 0) is 52.3 Å². The van der Waals surface area contributed by atoms with Crippen molar-refractivity contribution in [3.05, 3.63) is 24.2 Å². The molecule has 1 saturated carbocycles. The molecule has 0 radical (unpaired) electrons.